The van der Waals surface area contributed by atoms with Gasteiger partial charge < -0.3 is 24.5 Å². The number of alkyl halides is 2. The summed E-state index contributed by atoms with van der Waals surface area (Å²) in [5.74, 6) is -2.07. The third kappa shape index (κ3) is 9.20. The molecule has 1 unspecified atom stereocenters. The van der Waals surface area contributed by atoms with Crippen molar-refractivity contribution < 1.29 is 27.8 Å². The van der Waals surface area contributed by atoms with Gasteiger partial charge in [0.05, 0.1) is 32.2 Å². The minimum absolute atomic E-state index is 0.103. The van der Waals surface area contributed by atoms with Crippen LogP contribution in [0.3, 0.4) is 0 Å². The number of pyridine rings is 2. The zero-order valence-electron chi connectivity index (χ0n) is 26.5. The van der Waals surface area contributed by atoms with Gasteiger partial charge in [0.1, 0.15) is 23.8 Å². The zero-order chi connectivity index (χ0) is 33.8. The van der Waals surface area contributed by atoms with Crippen LogP contribution in [0.15, 0.2) is 85.5 Å². The molecule has 0 saturated carbocycles. The van der Waals surface area contributed by atoms with Crippen molar-refractivity contribution in [1.82, 2.24) is 20.2 Å². The first kappa shape index (κ1) is 34.1. The van der Waals surface area contributed by atoms with E-state index in [2.05, 4.69) is 15.3 Å². The fraction of sp³-hybridized carbons (Fsp3) is 0.324. The largest absolute Gasteiger partial charge is 0.494 e. The van der Waals surface area contributed by atoms with Gasteiger partial charge in [0.25, 0.3) is 5.92 Å². The summed E-state index contributed by atoms with van der Waals surface area (Å²) in [4.78, 5) is 33.2. The Morgan fingerprint density at radius 2 is 1.44 bits per heavy atom. The van der Waals surface area contributed by atoms with E-state index in [1.54, 1.807) is 30.9 Å². The van der Waals surface area contributed by atoms with Gasteiger partial charge in [-0.15, -0.1) is 0 Å². The molecule has 0 radical (unpaired) electrons. The van der Waals surface area contributed by atoms with Crippen molar-refractivity contribution in [1.29, 1.82) is 5.26 Å². The van der Waals surface area contributed by atoms with Crippen molar-refractivity contribution in [2.75, 3.05) is 32.8 Å². The van der Waals surface area contributed by atoms with Crippen molar-refractivity contribution in [2.24, 2.45) is 0 Å². The number of aromatic nitrogens is 2. The standard InChI is InChI=1S/C37H37F2N5O4/c38-37(39)22-31(23-40)44(26-37)36(46)21-30-12-17-43-25-35(30)28-5-9-33(10-6-28)48-20-2-15-41-14-1-19-47-32-7-3-27(4-8-32)34-24-42-16-11-29(34)13-18-45/h3-12,16-18,24-25,31,41H,1-2,13-15,19-22,26H2. The predicted molar refractivity (Wildman–Crippen MR) is 177 cm³/mol. The number of hydrogen-bond acceptors (Lipinski definition) is 8. The van der Waals surface area contributed by atoms with E-state index in [9.17, 15) is 23.6 Å². The molecular formula is C37H37F2N5O4. The molecule has 0 aliphatic carbocycles. The van der Waals surface area contributed by atoms with Crippen molar-refractivity contribution >= 4 is 12.2 Å². The molecule has 4 aromatic rings. The summed E-state index contributed by atoms with van der Waals surface area (Å²) < 4.78 is 39.5. The minimum Gasteiger partial charge on any atom is -0.494 e. The second-order valence-corrected chi connectivity index (χ2v) is 11.5. The van der Waals surface area contributed by atoms with E-state index in [4.69, 9.17) is 9.47 Å². The monoisotopic (exact) mass is 653 g/mol. The van der Waals surface area contributed by atoms with Gasteiger partial charge in [-0.2, -0.15) is 5.26 Å². The quantitative estimate of drug-likeness (QED) is 0.121. The summed E-state index contributed by atoms with van der Waals surface area (Å²) in [6, 6.07) is 19.5. The molecule has 1 amide bonds. The molecule has 48 heavy (non-hydrogen) atoms. The normalized spacial score (nSPS) is 15.1. The van der Waals surface area contributed by atoms with Gasteiger partial charge >= 0.3 is 0 Å². The molecule has 1 aliphatic heterocycles. The maximum Gasteiger partial charge on any atom is 0.268 e. The lowest BCUT2D eigenvalue weighted by Crippen LogP contribution is -2.37. The summed E-state index contributed by atoms with van der Waals surface area (Å²) in [5.41, 5.74) is 5.07. The molecule has 1 saturated heterocycles. The number of halogens is 2. The number of likely N-dealkylation sites (tertiary alicyclic amines) is 1. The van der Waals surface area contributed by atoms with Gasteiger partial charge in [0, 0.05) is 48.8 Å². The van der Waals surface area contributed by atoms with Crippen LogP contribution in [0.25, 0.3) is 22.3 Å². The molecule has 1 N–H and O–H groups in total. The van der Waals surface area contributed by atoms with Crippen LogP contribution in [0.5, 0.6) is 11.5 Å². The van der Waals surface area contributed by atoms with Gasteiger partial charge in [-0.3, -0.25) is 14.8 Å². The number of rotatable bonds is 16. The molecule has 0 bridgehead atoms. The molecule has 9 nitrogen and oxygen atoms in total. The number of amides is 1. The number of nitrogens with zero attached hydrogens (tertiary/aromatic N) is 4. The van der Waals surface area contributed by atoms with Crippen LogP contribution in [-0.4, -0.2) is 71.9 Å². The fourth-order valence-electron chi connectivity index (χ4n) is 5.61. The van der Waals surface area contributed by atoms with E-state index in [1.807, 2.05) is 60.7 Å². The van der Waals surface area contributed by atoms with E-state index >= 15 is 0 Å². The lowest BCUT2D eigenvalue weighted by molar-refractivity contribution is -0.131. The highest BCUT2D eigenvalue weighted by atomic mass is 19.3. The second-order valence-electron chi connectivity index (χ2n) is 11.5. The Hall–Kier alpha value is -5.21. The van der Waals surface area contributed by atoms with E-state index in [0.717, 1.165) is 70.7 Å². The van der Waals surface area contributed by atoms with Crippen LogP contribution in [0.2, 0.25) is 0 Å². The molecule has 2 aromatic carbocycles. The predicted octanol–water partition coefficient (Wildman–Crippen LogP) is 5.68. The molecule has 11 heteroatoms. The van der Waals surface area contributed by atoms with E-state index in [0.29, 0.717) is 30.9 Å². The van der Waals surface area contributed by atoms with Crippen molar-refractivity contribution in [3.63, 3.8) is 0 Å². The maximum absolute atomic E-state index is 13.9. The minimum atomic E-state index is -3.06. The number of nitriles is 1. The average Bonchev–Trinajstić information content (AvgIpc) is 3.43. The van der Waals surface area contributed by atoms with Crippen LogP contribution < -0.4 is 14.8 Å². The molecule has 1 aliphatic rings. The van der Waals surface area contributed by atoms with Gasteiger partial charge in [0.2, 0.25) is 5.91 Å². The summed E-state index contributed by atoms with van der Waals surface area (Å²) >= 11 is 0. The third-order valence-corrected chi connectivity index (χ3v) is 8.07. The van der Waals surface area contributed by atoms with Gasteiger partial charge in [-0.05, 0) is 84.6 Å². The molecule has 0 spiro atoms. The van der Waals surface area contributed by atoms with Crippen LogP contribution >= 0.6 is 0 Å². The Morgan fingerprint density at radius 3 is 1.98 bits per heavy atom. The third-order valence-electron chi connectivity index (χ3n) is 8.07. The topological polar surface area (TPSA) is 117 Å². The molecule has 2 aromatic heterocycles. The first-order valence-corrected chi connectivity index (χ1v) is 15.9. The Morgan fingerprint density at radius 1 is 0.896 bits per heavy atom. The Labute approximate surface area is 278 Å². The Balaban J connectivity index is 0.989. The lowest BCUT2D eigenvalue weighted by atomic mass is 9.99. The Bertz CT molecular complexity index is 1710. The fourth-order valence-corrected chi connectivity index (χ4v) is 5.61. The van der Waals surface area contributed by atoms with Crippen molar-refractivity contribution in [3.8, 4) is 39.8 Å². The Kier molecular flexibility index (Phi) is 11.8. The van der Waals surface area contributed by atoms with E-state index < -0.39 is 30.8 Å². The first-order valence-electron chi connectivity index (χ1n) is 15.9. The highest BCUT2D eigenvalue weighted by molar-refractivity contribution is 5.83. The smallest absolute Gasteiger partial charge is 0.268 e. The van der Waals surface area contributed by atoms with E-state index in [1.165, 1.54) is 0 Å². The molecule has 1 atom stereocenters. The number of aldehydes is 1. The van der Waals surface area contributed by atoms with E-state index in [-0.39, 0.29) is 6.42 Å². The number of benzene rings is 2. The highest BCUT2D eigenvalue weighted by Crippen LogP contribution is 2.33. The van der Waals surface area contributed by atoms with Crippen LogP contribution in [0, 0.1) is 11.3 Å². The van der Waals surface area contributed by atoms with Gasteiger partial charge in [-0.1, -0.05) is 24.3 Å². The first-order chi connectivity index (χ1) is 23.4. The summed E-state index contributed by atoms with van der Waals surface area (Å²) in [6.07, 6.45) is 8.83. The molecular weight excluding hydrogens is 616 g/mol. The van der Waals surface area contributed by atoms with Gasteiger partial charge in [-0.25, -0.2) is 8.78 Å². The number of ether oxygens (including phenoxy) is 2. The number of hydrogen-bond donors (Lipinski definition) is 1. The zero-order valence-corrected chi connectivity index (χ0v) is 26.5. The summed E-state index contributed by atoms with van der Waals surface area (Å²) in [7, 11) is 0. The highest BCUT2D eigenvalue weighted by Gasteiger charge is 2.47. The van der Waals surface area contributed by atoms with Gasteiger partial charge in [0.15, 0.2) is 0 Å². The second kappa shape index (κ2) is 16.6. The molecule has 248 valence electrons. The number of carbonyl (C=O) groups is 2. The lowest BCUT2D eigenvalue weighted by Gasteiger charge is -2.20. The van der Waals surface area contributed by atoms with Crippen molar-refractivity contribution in [3.05, 3.63) is 96.6 Å². The maximum atomic E-state index is 13.9. The number of carbonyl (C=O) groups excluding carboxylic acids is 2. The van der Waals surface area contributed by atoms with Crippen LogP contribution in [0.1, 0.15) is 30.4 Å². The molecule has 1 fully saturated rings. The SMILES string of the molecule is N#CC1CC(F)(F)CN1C(=O)Cc1ccncc1-c1ccc(OCCCNCCCOc2ccc(-c3cnccc3CC=O)cc2)cc1. The van der Waals surface area contributed by atoms with Crippen LogP contribution in [0.4, 0.5) is 8.78 Å². The summed E-state index contributed by atoms with van der Waals surface area (Å²) in [6.45, 7) is 1.98. The summed E-state index contributed by atoms with van der Waals surface area (Å²) in [5, 5.41) is 12.6. The van der Waals surface area contributed by atoms with Crippen LogP contribution in [-0.2, 0) is 22.4 Å². The average molecular weight is 654 g/mol. The van der Waals surface area contributed by atoms with Crippen molar-refractivity contribution in [2.45, 2.75) is 44.1 Å². The number of nitrogens with one attached hydrogen (secondary N) is 1. The molecule has 3 heterocycles. The molecule has 5 rings (SSSR count).